The van der Waals surface area contributed by atoms with Crippen LogP contribution in [0.3, 0.4) is 0 Å². The van der Waals surface area contributed by atoms with Gasteiger partial charge < -0.3 is 15.5 Å². The number of nitrogens with one attached hydrogen (secondary N) is 1. The molecule has 0 aromatic heterocycles. The average Bonchev–Trinajstić information content (AvgIpc) is 2.26. The van der Waals surface area contributed by atoms with Crippen LogP contribution in [0.2, 0.25) is 0 Å². The fourth-order valence-corrected chi connectivity index (χ4v) is 1.57. The molecule has 0 atom stereocenters. The van der Waals surface area contributed by atoms with Gasteiger partial charge in [-0.2, -0.15) is 0 Å². The van der Waals surface area contributed by atoms with Crippen LogP contribution in [-0.4, -0.2) is 16.3 Å². The van der Waals surface area contributed by atoms with Crippen LogP contribution in [0.15, 0.2) is 36.4 Å². The summed E-state index contributed by atoms with van der Waals surface area (Å²) in [4.78, 5) is 10.3. The summed E-state index contributed by atoms with van der Waals surface area (Å²) in [6.45, 7) is 0.284. The van der Waals surface area contributed by atoms with Crippen molar-refractivity contribution < 1.29 is 15.0 Å². The van der Waals surface area contributed by atoms with E-state index in [0.717, 1.165) is 16.3 Å². The number of amides is 1. The van der Waals surface area contributed by atoms with Crippen molar-refractivity contribution >= 4 is 16.9 Å². The van der Waals surface area contributed by atoms with Crippen LogP contribution in [0.25, 0.3) is 10.8 Å². The van der Waals surface area contributed by atoms with Crippen molar-refractivity contribution in [2.75, 3.05) is 0 Å². The van der Waals surface area contributed by atoms with Crippen LogP contribution in [-0.2, 0) is 6.54 Å². The number of hydrogen-bond acceptors (Lipinski definition) is 2. The summed E-state index contributed by atoms with van der Waals surface area (Å²) >= 11 is 0. The molecule has 0 saturated carbocycles. The molecule has 0 aliphatic rings. The molecule has 0 saturated heterocycles. The Kier molecular flexibility index (Phi) is 2.64. The Morgan fingerprint density at radius 3 is 2.56 bits per heavy atom. The van der Waals surface area contributed by atoms with Gasteiger partial charge in [0, 0.05) is 6.54 Å². The summed E-state index contributed by atoms with van der Waals surface area (Å²) in [6, 6.07) is 10.7. The third kappa shape index (κ3) is 2.23. The van der Waals surface area contributed by atoms with E-state index in [2.05, 4.69) is 5.32 Å². The molecule has 0 unspecified atom stereocenters. The molecule has 0 aliphatic carbocycles. The topological polar surface area (TPSA) is 69.6 Å². The minimum Gasteiger partial charge on any atom is -0.508 e. The Morgan fingerprint density at radius 2 is 1.81 bits per heavy atom. The van der Waals surface area contributed by atoms with Gasteiger partial charge in [-0.25, -0.2) is 4.79 Å². The number of phenolic OH excluding ortho intramolecular Hbond substituents is 1. The molecule has 0 fully saturated rings. The second-order valence-electron chi connectivity index (χ2n) is 3.52. The normalized spacial score (nSPS) is 10.2. The SMILES string of the molecule is O=C(O)NCc1ccc2cc(O)ccc2c1. The average molecular weight is 217 g/mol. The molecule has 0 radical (unpaired) electrons. The minimum atomic E-state index is -1.04. The fourth-order valence-electron chi connectivity index (χ4n) is 1.57. The van der Waals surface area contributed by atoms with Gasteiger partial charge in [0.2, 0.25) is 0 Å². The molecular weight excluding hydrogens is 206 g/mol. The molecule has 2 aromatic carbocycles. The van der Waals surface area contributed by atoms with Gasteiger partial charge in [-0.15, -0.1) is 0 Å². The van der Waals surface area contributed by atoms with E-state index in [0.29, 0.717) is 0 Å². The quantitative estimate of drug-likeness (QED) is 0.723. The lowest BCUT2D eigenvalue weighted by atomic mass is 10.1. The third-order valence-corrected chi connectivity index (χ3v) is 2.33. The van der Waals surface area contributed by atoms with Gasteiger partial charge >= 0.3 is 6.09 Å². The zero-order valence-corrected chi connectivity index (χ0v) is 8.47. The second-order valence-corrected chi connectivity index (χ2v) is 3.52. The van der Waals surface area contributed by atoms with Gasteiger partial charge in [-0.3, -0.25) is 0 Å². The lowest BCUT2D eigenvalue weighted by Gasteiger charge is -2.04. The van der Waals surface area contributed by atoms with Crippen LogP contribution in [0.5, 0.6) is 5.75 Å². The highest BCUT2D eigenvalue weighted by atomic mass is 16.4. The first-order valence-corrected chi connectivity index (χ1v) is 4.83. The number of carbonyl (C=O) groups is 1. The van der Waals surface area contributed by atoms with Crippen LogP contribution in [0.4, 0.5) is 4.79 Å². The molecule has 2 rings (SSSR count). The Morgan fingerprint density at radius 1 is 1.12 bits per heavy atom. The Labute approximate surface area is 92.1 Å². The smallest absolute Gasteiger partial charge is 0.404 e. The third-order valence-electron chi connectivity index (χ3n) is 2.33. The monoisotopic (exact) mass is 217 g/mol. The Bertz CT molecular complexity index is 537. The first kappa shape index (κ1) is 10.3. The summed E-state index contributed by atoms with van der Waals surface area (Å²) in [5, 5.41) is 22.0. The molecule has 3 N–H and O–H groups in total. The van der Waals surface area contributed by atoms with E-state index < -0.39 is 6.09 Å². The van der Waals surface area contributed by atoms with E-state index in [4.69, 9.17) is 5.11 Å². The van der Waals surface area contributed by atoms with Crippen molar-refractivity contribution in [1.82, 2.24) is 5.32 Å². The van der Waals surface area contributed by atoms with Crippen LogP contribution < -0.4 is 5.32 Å². The van der Waals surface area contributed by atoms with E-state index >= 15 is 0 Å². The molecule has 0 aliphatic heterocycles. The molecule has 0 spiro atoms. The predicted octanol–water partition coefficient (Wildman–Crippen LogP) is 2.31. The molecule has 4 heteroatoms. The van der Waals surface area contributed by atoms with Gasteiger partial charge in [0.15, 0.2) is 0 Å². The second kappa shape index (κ2) is 4.10. The Hall–Kier alpha value is -2.23. The maximum Gasteiger partial charge on any atom is 0.404 e. The van der Waals surface area contributed by atoms with E-state index in [1.54, 1.807) is 18.2 Å². The largest absolute Gasteiger partial charge is 0.508 e. The van der Waals surface area contributed by atoms with E-state index in [1.807, 2.05) is 18.2 Å². The number of phenols is 1. The van der Waals surface area contributed by atoms with Crippen LogP contribution in [0.1, 0.15) is 5.56 Å². The first-order valence-electron chi connectivity index (χ1n) is 4.83. The van der Waals surface area contributed by atoms with Gasteiger partial charge in [-0.05, 0) is 34.5 Å². The van der Waals surface area contributed by atoms with Gasteiger partial charge in [0.25, 0.3) is 0 Å². The molecule has 82 valence electrons. The van der Waals surface area contributed by atoms with Crippen molar-refractivity contribution in [1.29, 1.82) is 0 Å². The van der Waals surface area contributed by atoms with Gasteiger partial charge in [-0.1, -0.05) is 18.2 Å². The summed E-state index contributed by atoms with van der Waals surface area (Å²) in [7, 11) is 0. The summed E-state index contributed by atoms with van der Waals surface area (Å²) in [5.41, 5.74) is 0.889. The molecule has 1 amide bonds. The summed E-state index contributed by atoms with van der Waals surface area (Å²) in [6.07, 6.45) is -1.04. The minimum absolute atomic E-state index is 0.226. The van der Waals surface area contributed by atoms with E-state index in [9.17, 15) is 9.90 Å². The van der Waals surface area contributed by atoms with Crippen molar-refractivity contribution in [2.24, 2.45) is 0 Å². The zero-order valence-electron chi connectivity index (χ0n) is 8.47. The summed E-state index contributed by atoms with van der Waals surface area (Å²) in [5.74, 6) is 0.226. The molecule has 4 nitrogen and oxygen atoms in total. The zero-order chi connectivity index (χ0) is 11.5. The molecule has 0 bridgehead atoms. The number of rotatable bonds is 2. The Balaban J connectivity index is 2.30. The number of carboxylic acid groups (broad SMARTS) is 1. The van der Waals surface area contributed by atoms with Gasteiger partial charge in [0.1, 0.15) is 5.75 Å². The number of hydrogen-bond donors (Lipinski definition) is 3. The molecule has 0 heterocycles. The lowest BCUT2D eigenvalue weighted by Crippen LogP contribution is -2.19. The van der Waals surface area contributed by atoms with E-state index in [1.165, 1.54) is 0 Å². The van der Waals surface area contributed by atoms with E-state index in [-0.39, 0.29) is 12.3 Å². The molecular formula is C12H11NO3. The maximum atomic E-state index is 10.3. The number of fused-ring (bicyclic) bond motifs is 1. The van der Waals surface area contributed by atoms with Crippen molar-refractivity contribution in [3.8, 4) is 5.75 Å². The van der Waals surface area contributed by atoms with Crippen LogP contribution in [0, 0.1) is 0 Å². The van der Waals surface area contributed by atoms with Crippen molar-refractivity contribution in [3.05, 3.63) is 42.0 Å². The maximum absolute atomic E-state index is 10.3. The highest BCUT2D eigenvalue weighted by molar-refractivity contribution is 5.84. The van der Waals surface area contributed by atoms with Crippen molar-refractivity contribution in [3.63, 3.8) is 0 Å². The number of benzene rings is 2. The van der Waals surface area contributed by atoms with Gasteiger partial charge in [0.05, 0.1) is 0 Å². The lowest BCUT2D eigenvalue weighted by molar-refractivity contribution is 0.194. The summed E-state index contributed by atoms with van der Waals surface area (Å²) < 4.78 is 0. The highest BCUT2D eigenvalue weighted by Gasteiger charge is 1.99. The van der Waals surface area contributed by atoms with Crippen LogP contribution >= 0.6 is 0 Å². The first-order chi connectivity index (χ1) is 7.65. The van der Waals surface area contributed by atoms with Crippen molar-refractivity contribution in [2.45, 2.75) is 6.54 Å². The highest BCUT2D eigenvalue weighted by Crippen LogP contribution is 2.20. The molecule has 2 aromatic rings. The fraction of sp³-hybridized carbons (Fsp3) is 0.0833. The number of aromatic hydroxyl groups is 1. The predicted molar refractivity (Wildman–Crippen MR) is 60.5 cm³/mol. The molecule has 16 heavy (non-hydrogen) atoms. The standard InChI is InChI=1S/C12H11NO3/c14-11-4-3-9-5-8(7-13-12(15)16)1-2-10(9)6-11/h1-6,13-14H,7H2,(H,15,16).